The number of aromatic nitrogens is 2. The zero-order valence-electron chi connectivity index (χ0n) is 10.4. The number of carboxylic acid groups (broad SMARTS) is 1. The molecule has 0 bridgehead atoms. The lowest BCUT2D eigenvalue weighted by molar-refractivity contribution is -0.140. The highest BCUT2D eigenvalue weighted by Gasteiger charge is 2.24. The second-order valence-electron chi connectivity index (χ2n) is 3.99. The van der Waals surface area contributed by atoms with Gasteiger partial charge in [0.25, 0.3) is 5.91 Å². The number of ether oxygens (including phenoxy) is 1. The Morgan fingerprint density at radius 3 is 2.39 bits per heavy atom. The van der Waals surface area contributed by atoms with Crippen LogP contribution < -0.4 is 10.1 Å². The van der Waals surface area contributed by atoms with E-state index in [0.717, 1.165) is 0 Å². The Kier molecular flexibility index (Phi) is 4.59. The Labute approximate surface area is 104 Å². The van der Waals surface area contributed by atoms with Gasteiger partial charge in [-0.3, -0.25) is 4.79 Å². The molecule has 0 saturated heterocycles. The van der Waals surface area contributed by atoms with Crippen molar-refractivity contribution in [3.8, 4) is 5.88 Å². The number of amides is 1. The molecule has 7 heteroatoms. The molecule has 0 aromatic carbocycles. The summed E-state index contributed by atoms with van der Waals surface area (Å²) < 4.78 is 4.81. The van der Waals surface area contributed by atoms with Crippen LogP contribution in [0.5, 0.6) is 5.88 Å². The molecule has 98 valence electrons. The van der Waals surface area contributed by atoms with Crippen LogP contribution in [-0.2, 0) is 4.79 Å². The van der Waals surface area contributed by atoms with Crippen LogP contribution in [0, 0.1) is 5.92 Å². The highest BCUT2D eigenvalue weighted by atomic mass is 16.5. The minimum Gasteiger partial charge on any atom is -0.480 e. The summed E-state index contributed by atoms with van der Waals surface area (Å²) in [6.45, 7) is 3.41. The van der Waals surface area contributed by atoms with Gasteiger partial charge in [-0.15, -0.1) is 10.2 Å². The summed E-state index contributed by atoms with van der Waals surface area (Å²) in [5.74, 6) is -1.60. The molecule has 0 aliphatic carbocycles. The van der Waals surface area contributed by atoms with E-state index < -0.39 is 17.9 Å². The number of nitrogens with one attached hydrogen (secondary N) is 1. The fourth-order valence-electron chi connectivity index (χ4n) is 1.28. The van der Waals surface area contributed by atoms with E-state index in [2.05, 4.69) is 15.5 Å². The van der Waals surface area contributed by atoms with Gasteiger partial charge in [0.1, 0.15) is 6.04 Å². The maximum atomic E-state index is 11.7. The van der Waals surface area contributed by atoms with Crippen molar-refractivity contribution in [1.29, 1.82) is 0 Å². The van der Waals surface area contributed by atoms with Crippen molar-refractivity contribution in [3.05, 3.63) is 17.8 Å². The topological polar surface area (TPSA) is 101 Å². The van der Waals surface area contributed by atoms with Crippen molar-refractivity contribution in [2.24, 2.45) is 5.92 Å². The van der Waals surface area contributed by atoms with Crippen LogP contribution in [-0.4, -0.2) is 40.3 Å². The molecule has 0 aliphatic rings. The van der Waals surface area contributed by atoms with Crippen LogP contribution in [0.25, 0.3) is 0 Å². The Bertz CT molecular complexity index is 430. The average molecular weight is 253 g/mol. The minimum absolute atomic E-state index is 0.0442. The third-order valence-corrected chi connectivity index (χ3v) is 2.30. The van der Waals surface area contributed by atoms with E-state index in [9.17, 15) is 9.59 Å². The van der Waals surface area contributed by atoms with Crippen LogP contribution in [0.15, 0.2) is 12.1 Å². The van der Waals surface area contributed by atoms with Crippen LogP contribution >= 0.6 is 0 Å². The maximum Gasteiger partial charge on any atom is 0.326 e. The van der Waals surface area contributed by atoms with E-state index in [1.54, 1.807) is 13.8 Å². The van der Waals surface area contributed by atoms with Crippen molar-refractivity contribution in [2.75, 3.05) is 7.11 Å². The summed E-state index contributed by atoms with van der Waals surface area (Å²) in [4.78, 5) is 22.7. The molecule has 0 fully saturated rings. The van der Waals surface area contributed by atoms with E-state index in [-0.39, 0.29) is 17.5 Å². The van der Waals surface area contributed by atoms with Gasteiger partial charge in [-0.25, -0.2) is 4.79 Å². The van der Waals surface area contributed by atoms with Crippen LogP contribution in [0.2, 0.25) is 0 Å². The lowest BCUT2D eigenvalue weighted by Crippen LogP contribution is -2.44. The molecule has 1 atom stereocenters. The Morgan fingerprint density at radius 1 is 1.33 bits per heavy atom. The predicted molar refractivity (Wildman–Crippen MR) is 62.3 cm³/mol. The maximum absolute atomic E-state index is 11.7. The van der Waals surface area contributed by atoms with Crippen molar-refractivity contribution in [3.63, 3.8) is 0 Å². The van der Waals surface area contributed by atoms with Gasteiger partial charge in [-0.2, -0.15) is 0 Å². The molecule has 1 aromatic rings. The number of carboxylic acids is 1. The Balaban J connectivity index is 2.77. The normalized spacial score (nSPS) is 12.0. The molecule has 7 nitrogen and oxygen atoms in total. The van der Waals surface area contributed by atoms with E-state index >= 15 is 0 Å². The Hall–Kier alpha value is -2.18. The highest BCUT2D eigenvalue weighted by molar-refractivity contribution is 5.94. The largest absolute Gasteiger partial charge is 0.480 e. The van der Waals surface area contributed by atoms with Gasteiger partial charge >= 0.3 is 5.97 Å². The number of carbonyl (C=O) groups is 2. The third kappa shape index (κ3) is 3.41. The number of rotatable bonds is 5. The zero-order valence-corrected chi connectivity index (χ0v) is 10.4. The summed E-state index contributed by atoms with van der Waals surface area (Å²) >= 11 is 0. The number of methoxy groups -OCH3 is 1. The van der Waals surface area contributed by atoms with Gasteiger partial charge in [0.2, 0.25) is 5.88 Å². The molecule has 2 N–H and O–H groups in total. The van der Waals surface area contributed by atoms with Gasteiger partial charge in [0.05, 0.1) is 7.11 Å². The number of hydrogen-bond donors (Lipinski definition) is 2. The summed E-state index contributed by atoms with van der Waals surface area (Å²) in [6.07, 6.45) is 0. The lowest BCUT2D eigenvalue weighted by atomic mass is 10.0. The van der Waals surface area contributed by atoms with Gasteiger partial charge in [-0.1, -0.05) is 13.8 Å². The van der Waals surface area contributed by atoms with E-state index in [1.165, 1.54) is 19.2 Å². The van der Waals surface area contributed by atoms with Gasteiger partial charge in [-0.05, 0) is 12.0 Å². The van der Waals surface area contributed by atoms with Crippen molar-refractivity contribution >= 4 is 11.9 Å². The van der Waals surface area contributed by atoms with Gasteiger partial charge < -0.3 is 15.2 Å². The first kappa shape index (κ1) is 13.9. The smallest absolute Gasteiger partial charge is 0.326 e. The summed E-state index contributed by atoms with van der Waals surface area (Å²) in [5, 5.41) is 18.6. The summed E-state index contributed by atoms with van der Waals surface area (Å²) in [5.41, 5.74) is 0.0442. The molecule has 18 heavy (non-hydrogen) atoms. The number of nitrogens with zero attached hydrogens (tertiary/aromatic N) is 2. The van der Waals surface area contributed by atoms with Crippen LogP contribution in [0.3, 0.4) is 0 Å². The van der Waals surface area contributed by atoms with E-state index in [1.807, 2.05) is 0 Å². The SMILES string of the molecule is COc1ccc(C(=O)NC(C(=O)O)C(C)C)nn1. The van der Waals surface area contributed by atoms with Gasteiger partial charge in [0.15, 0.2) is 5.69 Å². The van der Waals surface area contributed by atoms with Crippen LogP contribution in [0.4, 0.5) is 0 Å². The standard InChI is InChI=1S/C11H15N3O4/c1-6(2)9(11(16)17)12-10(15)7-4-5-8(18-3)14-13-7/h4-6,9H,1-3H3,(H,12,15)(H,16,17). The molecular weight excluding hydrogens is 238 g/mol. The summed E-state index contributed by atoms with van der Waals surface area (Å²) in [7, 11) is 1.43. The predicted octanol–water partition coefficient (Wildman–Crippen LogP) is 0.324. The molecule has 1 aromatic heterocycles. The fourth-order valence-corrected chi connectivity index (χ4v) is 1.28. The second kappa shape index (κ2) is 5.95. The molecule has 0 aliphatic heterocycles. The second-order valence-corrected chi connectivity index (χ2v) is 3.99. The van der Waals surface area contributed by atoms with Gasteiger partial charge in [0, 0.05) is 6.07 Å². The van der Waals surface area contributed by atoms with Crippen molar-refractivity contribution < 1.29 is 19.4 Å². The Morgan fingerprint density at radius 2 is 2.00 bits per heavy atom. The molecular formula is C11H15N3O4. The fraction of sp³-hybridized carbons (Fsp3) is 0.455. The monoisotopic (exact) mass is 253 g/mol. The molecule has 0 spiro atoms. The first-order valence-corrected chi connectivity index (χ1v) is 5.37. The molecule has 1 rings (SSSR count). The van der Waals surface area contributed by atoms with Crippen molar-refractivity contribution in [2.45, 2.75) is 19.9 Å². The first-order valence-electron chi connectivity index (χ1n) is 5.37. The van der Waals surface area contributed by atoms with Crippen LogP contribution in [0.1, 0.15) is 24.3 Å². The minimum atomic E-state index is -1.08. The van der Waals surface area contributed by atoms with E-state index in [4.69, 9.17) is 9.84 Å². The lowest BCUT2D eigenvalue weighted by Gasteiger charge is -2.17. The first-order chi connectivity index (χ1) is 8.45. The number of aliphatic carboxylic acids is 1. The highest BCUT2D eigenvalue weighted by Crippen LogP contribution is 2.06. The molecule has 1 unspecified atom stereocenters. The number of carbonyl (C=O) groups excluding carboxylic acids is 1. The zero-order chi connectivity index (χ0) is 13.7. The molecule has 1 heterocycles. The third-order valence-electron chi connectivity index (χ3n) is 2.30. The quantitative estimate of drug-likeness (QED) is 0.783. The van der Waals surface area contributed by atoms with Crippen molar-refractivity contribution in [1.82, 2.24) is 15.5 Å². The summed E-state index contributed by atoms with van der Waals surface area (Å²) in [6, 6.07) is 1.94. The molecule has 1 amide bonds. The number of hydrogen-bond acceptors (Lipinski definition) is 5. The average Bonchev–Trinajstić information content (AvgIpc) is 2.35. The molecule has 0 saturated carbocycles. The molecule has 0 radical (unpaired) electrons. The van der Waals surface area contributed by atoms with E-state index in [0.29, 0.717) is 0 Å².